The van der Waals surface area contributed by atoms with Gasteiger partial charge in [0.15, 0.2) is 11.6 Å². The van der Waals surface area contributed by atoms with Gasteiger partial charge >= 0.3 is 0 Å². The van der Waals surface area contributed by atoms with Crippen LogP contribution in [0.1, 0.15) is 80.3 Å². The number of hydrogen-bond donors (Lipinski definition) is 11. The van der Waals surface area contributed by atoms with Gasteiger partial charge in [0.1, 0.15) is 17.1 Å². The molecule has 19 nitrogen and oxygen atoms in total. The molecule has 0 saturated carbocycles. The van der Waals surface area contributed by atoms with Gasteiger partial charge in [-0.3, -0.25) is 38.8 Å². The van der Waals surface area contributed by atoms with Crippen LogP contribution in [0.25, 0.3) is 32.7 Å². The normalized spacial score (nSPS) is 12.4. The standard InChI is InChI=1S/C42H51N13O6/c43-13-1-3-29(45)37(56)11-15-54(47)41(60)35-18-23-5-8-27(21-32(23)52-35)49-39(58)25-7-10-31-26(17-25)20-34(51-31)40(59)50-28-9-6-24-19-36(53-33(24)22-28)42(61)55(48)16-12-38(57)30(46)4-2-14-44/h5-10,17-22,29-30,51-53H,1-4,11-16,43-48H2,(H,49,58)(H,50,59)/t29-,30-/m0/s1. The van der Waals surface area contributed by atoms with E-state index in [9.17, 15) is 28.8 Å². The lowest BCUT2D eigenvalue weighted by atomic mass is 10.1. The van der Waals surface area contributed by atoms with Gasteiger partial charge in [0.05, 0.1) is 12.1 Å². The van der Waals surface area contributed by atoms with Crippen molar-refractivity contribution in [3.63, 3.8) is 0 Å². The molecule has 0 aliphatic carbocycles. The van der Waals surface area contributed by atoms with Crippen LogP contribution < -0.4 is 45.3 Å². The minimum absolute atomic E-state index is 0.00608. The first-order chi connectivity index (χ1) is 29.2. The smallest absolute Gasteiger partial charge is 0.284 e. The number of anilines is 2. The van der Waals surface area contributed by atoms with Crippen molar-refractivity contribution in [1.29, 1.82) is 0 Å². The van der Waals surface area contributed by atoms with Crippen molar-refractivity contribution in [2.75, 3.05) is 36.8 Å². The van der Waals surface area contributed by atoms with Gasteiger partial charge in [-0.15, -0.1) is 0 Å². The fourth-order valence-corrected chi connectivity index (χ4v) is 6.78. The van der Waals surface area contributed by atoms with Crippen molar-refractivity contribution in [3.05, 3.63) is 95.4 Å². The van der Waals surface area contributed by atoms with Crippen LogP contribution in [0.3, 0.4) is 0 Å². The molecule has 0 unspecified atom stereocenters. The van der Waals surface area contributed by atoms with Crippen LogP contribution in [0.15, 0.2) is 72.8 Å². The van der Waals surface area contributed by atoms with Crippen LogP contribution in [0, 0.1) is 0 Å². The molecule has 0 spiro atoms. The van der Waals surface area contributed by atoms with E-state index >= 15 is 0 Å². The van der Waals surface area contributed by atoms with Gasteiger partial charge in [-0.25, -0.2) is 11.7 Å². The van der Waals surface area contributed by atoms with E-state index < -0.39 is 35.7 Å². The van der Waals surface area contributed by atoms with E-state index in [4.69, 9.17) is 34.6 Å². The Morgan fingerprint density at radius 1 is 0.541 bits per heavy atom. The number of nitrogens with two attached hydrogens (primary N) is 6. The molecule has 0 radical (unpaired) electrons. The number of nitrogens with one attached hydrogen (secondary N) is 5. The summed E-state index contributed by atoms with van der Waals surface area (Å²) in [7, 11) is 0. The number of hydrazine groups is 2. The summed E-state index contributed by atoms with van der Waals surface area (Å²) in [5.74, 6) is 9.70. The maximum absolute atomic E-state index is 13.3. The maximum atomic E-state index is 13.3. The third kappa shape index (κ3) is 10.7. The number of rotatable bonds is 20. The number of hydrogen-bond acceptors (Lipinski definition) is 12. The molecule has 61 heavy (non-hydrogen) atoms. The lowest BCUT2D eigenvalue weighted by Crippen LogP contribution is -2.41. The quantitative estimate of drug-likeness (QED) is 0.0300. The fourth-order valence-electron chi connectivity index (χ4n) is 6.78. The molecule has 6 rings (SSSR count). The molecular weight excluding hydrogens is 783 g/mol. The first kappa shape index (κ1) is 43.8. The van der Waals surface area contributed by atoms with Crippen LogP contribution in [-0.2, 0) is 9.59 Å². The lowest BCUT2D eigenvalue weighted by Gasteiger charge is -2.16. The van der Waals surface area contributed by atoms with E-state index in [1.165, 1.54) is 0 Å². The van der Waals surface area contributed by atoms with Gasteiger partial charge in [-0.1, -0.05) is 12.1 Å². The zero-order valence-corrected chi connectivity index (χ0v) is 33.5. The Hall–Kier alpha value is -6.74. The minimum Gasteiger partial charge on any atom is -0.351 e. The minimum atomic E-state index is -0.655. The number of aromatic amines is 3. The van der Waals surface area contributed by atoms with Gasteiger partial charge in [-0.2, -0.15) is 0 Å². The Bertz CT molecular complexity index is 2460. The van der Waals surface area contributed by atoms with Crippen molar-refractivity contribution in [2.24, 2.45) is 34.6 Å². The third-order valence-corrected chi connectivity index (χ3v) is 10.3. The largest absolute Gasteiger partial charge is 0.351 e. The van der Waals surface area contributed by atoms with E-state index in [1.54, 1.807) is 72.8 Å². The van der Waals surface area contributed by atoms with Crippen molar-refractivity contribution in [2.45, 2.75) is 50.6 Å². The van der Waals surface area contributed by atoms with Gasteiger partial charge in [0, 0.05) is 75.6 Å². The average molecular weight is 834 g/mol. The molecule has 2 atom stereocenters. The van der Waals surface area contributed by atoms with E-state index in [-0.39, 0.29) is 54.6 Å². The summed E-state index contributed by atoms with van der Waals surface area (Å²) in [4.78, 5) is 86.4. The van der Waals surface area contributed by atoms with Crippen LogP contribution in [0.5, 0.6) is 0 Å². The second-order valence-electron chi connectivity index (χ2n) is 14.9. The van der Waals surface area contributed by atoms with Gasteiger partial charge < -0.3 is 48.5 Å². The molecule has 4 amide bonds. The summed E-state index contributed by atoms with van der Waals surface area (Å²) >= 11 is 0. The molecule has 17 N–H and O–H groups in total. The number of nitrogens with zero attached hydrogens (tertiary/aromatic N) is 2. The second kappa shape index (κ2) is 19.5. The number of carbonyl (C=O) groups excluding carboxylic acids is 6. The highest BCUT2D eigenvalue weighted by Crippen LogP contribution is 2.25. The molecule has 0 saturated heterocycles. The number of Topliss-reactive ketones (excluding diaryl/α,β-unsaturated/α-hetero) is 2. The highest BCUT2D eigenvalue weighted by Gasteiger charge is 2.21. The predicted molar refractivity (Wildman–Crippen MR) is 233 cm³/mol. The summed E-state index contributed by atoms with van der Waals surface area (Å²) in [6.45, 7) is 0.856. The number of ketones is 2. The van der Waals surface area contributed by atoms with Gasteiger partial charge in [-0.05, 0) is 99.4 Å². The van der Waals surface area contributed by atoms with Crippen molar-refractivity contribution >= 4 is 79.3 Å². The van der Waals surface area contributed by atoms with Gasteiger partial charge in [0.2, 0.25) is 0 Å². The molecule has 0 aliphatic heterocycles. The zero-order valence-electron chi connectivity index (χ0n) is 33.5. The molecule has 3 aromatic carbocycles. The molecule has 3 heterocycles. The Balaban J connectivity index is 1.04. The number of aromatic nitrogens is 3. The Morgan fingerprint density at radius 2 is 1.00 bits per heavy atom. The molecular formula is C42H51N13O6. The Morgan fingerprint density at radius 3 is 1.49 bits per heavy atom. The highest BCUT2D eigenvalue weighted by molar-refractivity contribution is 6.10. The lowest BCUT2D eigenvalue weighted by molar-refractivity contribution is -0.121. The molecule has 6 aromatic rings. The van der Waals surface area contributed by atoms with Crippen molar-refractivity contribution < 1.29 is 28.8 Å². The molecule has 0 fully saturated rings. The van der Waals surface area contributed by atoms with Crippen LogP contribution in [0.2, 0.25) is 0 Å². The Kier molecular flexibility index (Phi) is 14.0. The van der Waals surface area contributed by atoms with E-state index in [0.29, 0.717) is 88.4 Å². The summed E-state index contributed by atoms with van der Waals surface area (Å²) in [6, 6.07) is 18.8. The maximum Gasteiger partial charge on any atom is 0.284 e. The van der Waals surface area contributed by atoms with Gasteiger partial charge in [0.25, 0.3) is 23.6 Å². The third-order valence-electron chi connectivity index (χ3n) is 10.3. The van der Waals surface area contributed by atoms with E-state index in [2.05, 4.69) is 25.6 Å². The number of carbonyl (C=O) groups is 6. The summed E-state index contributed by atoms with van der Waals surface area (Å²) in [6.07, 6.45) is 2.22. The zero-order chi connectivity index (χ0) is 43.8. The van der Waals surface area contributed by atoms with Crippen LogP contribution in [0.4, 0.5) is 11.4 Å². The fraction of sp³-hybridized carbons (Fsp3) is 0.286. The first-order valence-corrected chi connectivity index (χ1v) is 19.9. The highest BCUT2D eigenvalue weighted by atomic mass is 16.2. The Labute approximate surface area is 349 Å². The number of fused-ring (bicyclic) bond motifs is 3. The van der Waals surface area contributed by atoms with Crippen LogP contribution >= 0.6 is 0 Å². The summed E-state index contributed by atoms with van der Waals surface area (Å²) < 4.78 is 0. The summed E-state index contributed by atoms with van der Waals surface area (Å²) in [5, 5.41) is 9.68. The molecule has 19 heteroatoms. The predicted octanol–water partition coefficient (Wildman–Crippen LogP) is 2.32. The van der Waals surface area contributed by atoms with E-state index in [1.807, 2.05) is 0 Å². The van der Waals surface area contributed by atoms with Crippen molar-refractivity contribution in [3.8, 4) is 0 Å². The number of amides is 4. The monoisotopic (exact) mass is 833 g/mol. The number of benzene rings is 3. The van der Waals surface area contributed by atoms with Crippen molar-refractivity contribution in [1.82, 2.24) is 25.0 Å². The molecule has 3 aromatic heterocycles. The topological polar surface area (TPSA) is 336 Å². The second-order valence-corrected chi connectivity index (χ2v) is 14.9. The SMILES string of the molecule is NCCC[C@H](N)C(=O)CCN(N)C(=O)c1cc2ccc(NC(=O)c3ccc4[nH]c(C(=O)Nc5ccc6cc(C(=O)N(N)CCC(=O)[C@@H](N)CCCN)[nH]c6c5)cc4c3)cc2[nH]1. The number of H-pyrrole nitrogens is 3. The van der Waals surface area contributed by atoms with E-state index in [0.717, 1.165) is 10.0 Å². The molecule has 0 bridgehead atoms. The summed E-state index contributed by atoms with van der Waals surface area (Å²) in [5.41, 5.74) is 26.5. The average Bonchev–Trinajstić information content (AvgIpc) is 4.01. The molecule has 320 valence electrons. The molecule has 0 aliphatic rings. The first-order valence-electron chi connectivity index (χ1n) is 19.9. The van der Waals surface area contributed by atoms with Crippen LogP contribution in [-0.4, -0.2) is 98.4 Å².